The number of hydrogen-bond donors (Lipinski definition) is 1. The van der Waals surface area contributed by atoms with Gasteiger partial charge in [-0.3, -0.25) is 10.1 Å². The molecule has 0 saturated heterocycles. The molecule has 1 N–H and O–H groups in total. The van der Waals surface area contributed by atoms with Crippen LogP contribution in [0.3, 0.4) is 0 Å². The van der Waals surface area contributed by atoms with E-state index in [0.29, 0.717) is 16.8 Å². The van der Waals surface area contributed by atoms with Crippen LogP contribution in [0.5, 0.6) is 0 Å². The summed E-state index contributed by atoms with van der Waals surface area (Å²) in [6.07, 6.45) is -0.673. The van der Waals surface area contributed by atoms with Crippen LogP contribution in [0.4, 0.5) is 11.4 Å². The first-order valence-corrected chi connectivity index (χ1v) is 6.61. The number of fused-ring (bicyclic) bond motifs is 1. The number of anilines is 1. The third-order valence-corrected chi connectivity index (χ3v) is 3.44. The molecule has 1 heterocycles. The molecule has 0 aliphatic carbocycles. The van der Waals surface area contributed by atoms with E-state index in [1.807, 2.05) is 0 Å². The van der Waals surface area contributed by atoms with Crippen LogP contribution in [0.25, 0.3) is 0 Å². The highest BCUT2D eigenvalue weighted by molar-refractivity contribution is 5.93. The maximum atomic E-state index is 11.8. The molecule has 0 unspecified atom stereocenters. The van der Waals surface area contributed by atoms with Crippen LogP contribution in [0.15, 0.2) is 48.5 Å². The van der Waals surface area contributed by atoms with Crippen molar-refractivity contribution in [2.45, 2.75) is 6.23 Å². The number of benzene rings is 2. The predicted octanol–water partition coefficient (Wildman–Crippen LogP) is 2.40. The van der Waals surface area contributed by atoms with Crippen molar-refractivity contribution in [1.82, 2.24) is 5.43 Å². The molecule has 0 spiro atoms. The number of nitro benzene ring substituents is 1. The molecular weight excluding hydrogens is 286 g/mol. The SMILES string of the molecule is CN(N[C@@H]1OC(=O)c2ccccc21)c1ccccc1[N+](=O)[O-]. The fourth-order valence-electron chi connectivity index (χ4n) is 2.39. The summed E-state index contributed by atoms with van der Waals surface area (Å²) in [4.78, 5) is 22.4. The number of carbonyl (C=O) groups is 1. The molecule has 112 valence electrons. The van der Waals surface area contributed by atoms with Gasteiger partial charge < -0.3 is 9.75 Å². The van der Waals surface area contributed by atoms with Crippen LogP contribution in [-0.2, 0) is 4.74 Å². The van der Waals surface area contributed by atoms with Gasteiger partial charge >= 0.3 is 5.97 Å². The lowest BCUT2D eigenvalue weighted by molar-refractivity contribution is -0.384. The molecule has 0 saturated carbocycles. The Hall–Kier alpha value is -2.93. The molecule has 7 nitrogen and oxygen atoms in total. The Morgan fingerprint density at radius 3 is 2.64 bits per heavy atom. The fourth-order valence-corrected chi connectivity index (χ4v) is 2.39. The van der Waals surface area contributed by atoms with Gasteiger partial charge in [-0.05, 0) is 12.1 Å². The van der Waals surface area contributed by atoms with E-state index in [4.69, 9.17) is 4.74 Å². The Labute approximate surface area is 126 Å². The van der Waals surface area contributed by atoms with E-state index >= 15 is 0 Å². The van der Waals surface area contributed by atoms with E-state index in [0.717, 1.165) is 0 Å². The lowest BCUT2D eigenvalue weighted by atomic mass is 10.1. The van der Waals surface area contributed by atoms with Crippen LogP contribution in [0.2, 0.25) is 0 Å². The first-order valence-electron chi connectivity index (χ1n) is 6.61. The van der Waals surface area contributed by atoms with Gasteiger partial charge in [0.05, 0.1) is 10.5 Å². The molecule has 2 aromatic carbocycles. The maximum absolute atomic E-state index is 11.8. The third-order valence-electron chi connectivity index (χ3n) is 3.44. The normalized spacial score (nSPS) is 16.0. The average Bonchev–Trinajstić information content (AvgIpc) is 2.84. The molecule has 1 atom stereocenters. The smallest absolute Gasteiger partial charge is 0.340 e. The zero-order valence-corrected chi connectivity index (χ0v) is 11.7. The van der Waals surface area contributed by atoms with E-state index in [-0.39, 0.29) is 5.69 Å². The number of ether oxygens (including phenoxy) is 1. The Morgan fingerprint density at radius 1 is 1.18 bits per heavy atom. The third kappa shape index (κ3) is 2.38. The topological polar surface area (TPSA) is 84.7 Å². The number of hydrazine groups is 1. The molecule has 1 aliphatic heterocycles. The number of cyclic esters (lactones) is 1. The second-order valence-electron chi connectivity index (χ2n) is 4.81. The summed E-state index contributed by atoms with van der Waals surface area (Å²) in [7, 11) is 1.64. The van der Waals surface area contributed by atoms with Crippen molar-refractivity contribution in [3.05, 3.63) is 69.8 Å². The molecule has 0 bridgehead atoms. The molecule has 0 amide bonds. The van der Waals surface area contributed by atoms with E-state index < -0.39 is 17.1 Å². The summed E-state index contributed by atoms with van der Waals surface area (Å²) in [6.45, 7) is 0. The second-order valence-corrected chi connectivity index (χ2v) is 4.81. The summed E-state index contributed by atoms with van der Waals surface area (Å²) < 4.78 is 5.26. The Kier molecular flexibility index (Phi) is 3.48. The number of para-hydroxylation sites is 2. The molecular formula is C15H13N3O4. The maximum Gasteiger partial charge on any atom is 0.340 e. The number of carbonyl (C=O) groups excluding carboxylic acids is 1. The van der Waals surface area contributed by atoms with Crippen LogP contribution >= 0.6 is 0 Å². The van der Waals surface area contributed by atoms with E-state index in [2.05, 4.69) is 5.43 Å². The minimum atomic E-state index is -0.673. The van der Waals surface area contributed by atoms with E-state index in [1.165, 1.54) is 11.1 Å². The van der Waals surface area contributed by atoms with Gasteiger partial charge in [0.25, 0.3) is 5.69 Å². The largest absolute Gasteiger partial charge is 0.437 e. The number of nitro groups is 1. The first kappa shape index (κ1) is 14.0. The van der Waals surface area contributed by atoms with Gasteiger partial charge in [0, 0.05) is 18.7 Å². The van der Waals surface area contributed by atoms with Crippen molar-refractivity contribution in [2.24, 2.45) is 0 Å². The van der Waals surface area contributed by atoms with Gasteiger partial charge in [-0.15, -0.1) is 0 Å². The highest BCUT2D eigenvalue weighted by Gasteiger charge is 2.32. The molecule has 0 fully saturated rings. The Morgan fingerprint density at radius 2 is 1.86 bits per heavy atom. The molecule has 7 heteroatoms. The van der Waals surface area contributed by atoms with Crippen molar-refractivity contribution in [3.63, 3.8) is 0 Å². The summed E-state index contributed by atoms with van der Waals surface area (Å²) in [5, 5.41) is 12.6. The quantitative estimate of drug-likeness (QED) is 0.530. The molecule has 2 aromatic rings. The number of hydrogen-bond acceptors (Lipinski definition) is 6. The predicted molar refractivity (Wildman–Crippen MR) is 79.2 cm³/mol. The molecule has 1 aliphatic rings. The molecule has 0 aromatic heterocycles. The highest BCUT2D eigenvalue weighted by atomic mass is 16.6. The van der Waals surface area contributed by atoms with Crippen molar-refractivity contribution in [2.75, 3.05) is 12.1 Å². The van der Waals surface area contributed by atoms with Crippen molar-refractivity contribution < 1.29 is 14.5 Å². The highest BCUT2D eigenvalue weighted by Crippen LogP contribution is 2.31. The number of nitrogens with one attached hydrogen (secondary N) is 1. The standard InChI is InChI=1S/C15H13N3O4/c1-17(12-8-4-5-9-13(12)18(20)21)16-14-10-6-2-3-7-11(10)15(19)22-14/h2-9,14,16H,1H3/t14-/m1/s1. The lowest BCUT2D eigenvalue weighted by Crippen LogP contribution is -2.38. The van der Waals surface area contributed by atoms with Gasteiger partial charge in [0.2, 0.25) is 0 Å². The van der Waals surface area contributed by atoms with Gasteiger partial charge in [0.1, 0.15) is 5.69 Å². The van der Waals surface area contributed by atoms with Gasteiger partial charge in [-0.25, -0.2) is 4.79 Å². The second kappa shape index (κ2) is 5.45. The monoisotopic (exact) mass is 299 g/mol. The molecule has 0 radical (unpaired) electrons. The van der Waals surface area contributed by atoms with Crippen LogP contribution in [-0.4, -0.2) is 17.9 Å². The van der Waals surface area contributed by atoms with Crippen molar-refractivity contribution >= 4 is 17.3 Å². The minimum absolute atomic E-state index is 0.0323. The summed E-state index contributed by atoms with van der Waals surface area (Å²) in [6, 6.07) is 13.4. The van der Waals surface area contributed by atoms with Gasteiger partial charge in [0.15, 0.2) is 6.23 Å². The number of nitrogens with zero attached hydrogens (tertiary/aromatic N) is 2. The number of rotatable bonds is 4. The molecule has 3 rings (SSSR count). The zero-order valence-electron chi connectivity index (χ0n) is 11.7. The van der Waals surface area contributed by atoms with E-state index in [9.17, 15) is 14.9 Å². The summed E-state index contributed by atoms with van der Waals surface area (Å²) in [5.41, 5.74) is 4.52. The van der Waals surface area contributed by atoms with E-state index in [1.54, 1.807) is 49.5 Å². The van der Waals surface area contributed by atoms with Crippen LogP contribution in [0.1, 0.15) is 22.1 Å². The van der Waals surface area contributed by atoms with Crippen molar-refractivity contribution in [1.29, 1.82) is 0 Å². The van der Waals surface area contributed by atoms with Crippen LogP contribution < -0.4 is 10.4 Å². The summed E-state index contributed by atoms with van der Waals surface area (Å²) in [5.74, 6) is -0.413. The van der Waals surface area contributed by atoms with Gasteiger partial charge in [-0.2, -0.15) is 5.43 Å². The zero-order chi connectivity index (χ0) is 15.7. The molecule has 22 heavy (non-hydrogen) atoms. The Bertz CT molecular complexity index is 747. The van der Waals surface area contributed by atoms with Crippen LogP contribution in [0, 0.1) is 10.1 Å². The first-order chi connectivity index (χ1) is 10.6. The Balaban J connectivity index is 1.86. The van der Waals surface area contributed by atoms with Crippen molar-refractivity contribution in [3.8, 4) is 0 Å². The van der Waals surface area contributed by atoms with Gasteiger partial charge in [-0.1, -0.05) is 30.3 Å². The fraction of sp³-hybridized carbons (Fsp3) is 0.133. The average molecular weight is 299 g/mol. The lowest BCUT2D eigenvalue weighted by Gasteiger charge is -2.24. The minimum Gasteiger partial charge on any atom is -0.437 e. The summed E-state index contributed by atoms with van der Waals surface area (Å²) >= 11 is 0. The number of esters is 1.